The summed E-state index contributed by atoms with van der Waals surface area (Å²) < 4.78 is 11.1. The zero-order valence-corrected chi connectivity index (χ0v) is 19.2. The third kappa shape index (κ3) is 5.22. The van der Waals surface area contributed by atoms with Crippen molar-refractivity contribution in [3.8, 4) is 11.1 Å². The van der Waals surface area contributed by atoms with Gasteiger partial charge in [-0.2, -0.15) is 0 Å². The third-order valence-electron chi connectivity index (χ3n) is 6.59. The molecule has 8 nitrogen and oxygen atoms in total. The average molecular weight is 467 g/mol. The fraction of sp³-hybridized carbons (Fsp3) is 0.423. The zero-order chi connectivity index (χ0) is 24.1. The smallest absolute Gasteiger partial charge is 0.407 e. The molecule has 0 radical (unpaired) electrons. The number of alkyl carbamates (subject to hydrolysis) is 1. The van der Waals surface area contributed by atoms with Gasteiger partial charge in [-0.15, -0.1) is 0 Å². The van der Waals surface area contributed by atoms with E-state index in [0.717, 1.165) is 22.3 Å². The molecule has 0 spiro atoms. The van der Waals surface area contributed by atoms with Crippen LogP contribution in [0.15, 0.2) is 48.5 Å². The van der Waals surface area contributed by atoms with Gasteiger partial charge >= 0.3 is 12.1 Å². The highest BCUT2D eigenvalue weighted by Crippen LogP contribution is 2.44. The van der Waals surface area contributed by atoms with Gasteiger partial charge in [-0.1, -0.05) is 55.5 Å². The molecule has 1 heterocycles. The lowest BCUT2D eigenvalue weighted by Gasteiger charge is -2.22. The summed E-state index contributed by atoms with van der Waals surface area (Å²) in [6.45, 7) is 2.69. The van der Waals surface area contributed by atoms with Crippen LogP contribution in [0.5, 0.6) is 0 Å². The second kappa shape index (κ2) is 10.7. The number of carbonyl (C=O) groups is 3. The molecule has 1 fully saturated rings. The number of rotatable bonds is 9. The van der Waals surface area contributed by atoms with Crippen molar-refractivity contribution in [1.29, 1.82) is 0 Å². The Morgan fingerprint density at radius 1 is 1.09 bits per heavy atom. The average Bonchev–Trinajstić information content (AvgIpc) is 3.43. The Morgan fingerprint density at radius 2 is 1.74 bits per heavy atom. The van der Waals surface area contributed by atoms with Crippen LogP contribution >= 0.6 is 0 Å². The molecule has 0 bridgehead atoms. The summed E-state index contributed by atoms with van der Waals surface area (Å²) in [6, 6.07) is 15.8. The van der Waals surface area contributed by atoms with Crippen LogP contribution in [0.2, 0.25) is 0 Å². The number of hydrogen-bond acceptors (Lipinski definition) is 5. The molecule has 0 saturated carbocycles. The number of amides is 2. The molecule has 2 amide bonds. The summed E-state index contributed by atoms with van der Waals surface area (Å²) >= 11 is 0. The molecule has 34 heavy (non-hydrogen) atoms. The molecule has 1 aliphatic carbocycles. The quantitative estimate of drug-likeness (QED) is 0.523. The van der Waals surface area contributed by atoms with Crippen LogP contribution < -0.4 is 10.6 Å². The largest absolute Gasteiger partial charge is 0.481 e. The molecule has 2 aliphatic rings. The maximum Gasteiger partial charge on any atom is 0.407 e. The van der Waals surface area contributed by atoms with Crippen molar-refractivity contribution >= 4 is 18.0 Å². The molecule has 180 valence electrons. The standard InChI is InChI=1S/C26H30N2O6/c1-2-17(13-23(29)30)28-25(31)24-16(11-12-33-24)14-27-26(32)34-15-22-20-9-5-3-7-18(20)19-8-4-6-10-21(19)22/h3-10,16-17,22,24H,2,11-15H2,1H3,(H,27,32)(H,28,31)(H,29,30)/t16-,17-,24-/m1/s1. The van der Waals surface area contributed by atoms with E-state index in [0.29, 0.717) is 19.4 Å². The van der Waals surface area contributed by atoms with Crippen molar-refractivity contribution in [1.82, 2.24) is 10.6 Å². The first kappa shape index (κ1) is 23.8. The number of benzene rings is 2. The molecule has 2 aromatic carbocycles. The normalized spacial score (nSPS) is 19.7. The van der Waals surface area contributed by atoms with Gasteiger partial charge in [0.2, 0.25) is 5.91 Å². The first-order valence-corrected chi connectivity index (χ1v) is 11.7. The van der Waals surface area contributed by atoms with Gasteiger partial charge in [0.1, 0.15) is 12.7 Å². The van der Waals surface area contributed by atoms with Gasteiger partial charge in [0.05, 0.1) is 6.42 Å². The van der Waals surface area contributed by atoms with Crippen molar-refractivity contribution in [2.75, 3.05) is 19.8 Å². The van der Waals surface area contributed by atoms with Crippen molar-refractivity contribution in [3.63, 3.8) is 0 Å². The second-order valence-electron chi connectivity index (χ2n) is 8.76. The third-order valence-corrected chi connectivity index (χ3v) is 6.59. The van der Waals surface area contributed by atoms with E-state index in [1.54, 1.807) is 0 Å². The minimum Gasteiger partial charge on any atom is -0.481 e. The van der Waals surface area contributed by atoms with E-state index in [4.69, 9.17) is 14.6 Å². The lowest BCUT2D eigenvalue weighted by atomic mass is 9.98. The first-order valence-electron chi connectivity index (χ1n) is 11.7. The van der Waals surface area contributed by atoms with Crippen LogP contribution in [0.1, 0.15) is 43.2 Å². The molecule has 1 aliphatic heterocycles. The molecule has 4 rings (SSSR count). The van der Waals surface area contributed by atoms with Gasteiger partial charge in [0.25, 0.3) is 0 Å². The fourth-order valence-electron chi connectivity index (χ4n) is 4.79. The summed E-state index contributed by atoms with van der Waals surface area (Å²) in [4.78, 5) is 36.0. The molecule has 1 saturated heterocycles. The van der Waals surface area contributed by atoms with E-state index in [9.17, 15) is 14.4 Å². The van der Waals surface area contributed by atoms with Gasteiger partial charge in [-0.25, -0.2) is 4.79 Å². The molecular formula is C26H30N2O6. The molecule has 0 unspecified atom stereocenters. The Bertz CT molecular complexity index is 1010. The number of nitrogens with one attached hydrogen (secondary N) is 2. The summed E-state index contributed by atoms with van der Waals surface area (Å²) in [5.41, 5.74) is 4.61. The molecule has 0 aromatic heterocycles. The SMILES string of the molecule is CC[C@H](CC(=O)O)NC(=O)[C@@H]1OCC[C@@H]1CNC(=O)OCC1c2ccccc2-c2ccccc21. The van der Waals surface area contributed by atoms with Crippen LogP contribution in [0.3, 0.4) is 0 Å². The zero-order valence-electron chi connectivity index (χ0n) is 19.2. The minimum atomic E-state index is -0.965. The van der Waals surface area contributed by atoms with Crippen LogP contribution in [0.4, 0.5) is 4.79 Å². The highest BCUT2D eigenvalue weighted by atomic mass is 16.5. The van der Waals surface area contributed by atoms with Crippen molar-refractivity contribution < 1.29 is 29.0 Å². The monoisotopic (exact) mass is 466 g/mol. The van der Waals surface area contributed by atoms with Crippen LogP contribution in [-0.4, -0.2) is 55.0 Å². The van der Waals surface area contributed by atoms with Gasteiger partial charge < -0.3 is 25.2 Å². The van der Waals surface area contributed by atoms with Gasteiger partial charge in [0.15, 0.2) is 0 Å². The summed E-state index contributed by atoms with van der Waals surface area (Å²) in [6.07, 6.45) is -0.273. The Morgan fingerprint density at radius 3 is 2.35 bits per heavy atom. The second-order valence-corrected chi connectivity index (χ2v) is 8.76. The van der Waals surface area contributed by atoms with Crippen molar-refractivity contribution in [2.24, 2.45) is 5.92 Å². The fourth-order valence-corrected chi connectivity index (χ4v) is 4.79. The number of fused-ring (bicyclic) bond motifs is 3. The number of carbonyl (C=O) groups excluding carboxylic acids is 2. The summed E-state index contributed by atoms with van der Waals surface area (Å²) in [7, 11) is 0. The van der Waals surface area contributed by atoms with Gasteiger partial charge in [-0.3, -0.25) is 9.59 Å². The maximum absolute atomic E-state index is 12.6. The van der Waals surface area contributed by atoms with E-state index in [-0.39, 0.29) is 37.3 Å². The predicted octanol–water partition coefficient (Wildman–Crippen LogP) is 3.30. The lowest BCUT2D eigenvalue weighted by Crippen LogP contribution is -2.46. The van der Waals surface area contributed by atoms with Crippen LogP contribution in [0.25, 0.3) is 11.1 Å². The van der Waals surface area contributed by atoms with Crippen LogP contribution in [0, 0.1) is 5.92 Å². The predicted molar refractivity (Wildman–Crippen MR) is 125 cm³/mol. The minimum absolute atomic E-state index is 0.0216. The van der Waals surface area contributed by atoms with E-state index in [2.05, 4.69) is 34.9 Å². The molecule has 3 atom stereocenters. The Hall–Kier alpha value is -3.39. The van der Waals surface area contributed by atoms with E-state index in [1.165, 1.54) is 0 Å². The number of hydrogen-bond donors (Lipinski definition) is 3. The molecule has 2 aromatic rings. The Balaban J connectivity index is 1.29. The number of ether oxygens (including phenoxy) is 2. The first-order chi connectivity index (χ1) is 16.5. The number of carboxylic acids is 1. The van der Waals surface area contributed by atoms with Crippen LogP contribution in [-0.2, 0) is 19.1 Å². The summed E-state index contributed by atoms with van der Waals surface area (Å²) in [5.74, 6) is -1.53. The summed E-state index contributed by atoms with van der Waals surface area (Å²) in [5, 5.41) is 14.5. The highest BCUT2D eigenvalue weighted by molar-refractivity contribution is 5.82. The van der Waals surface area contributed by atoms with Gasteiger partial charge in [0, 0.05) is 31.0 Å². The van der Waals surface area contributed by atoms with E-state index < -0.39 is 24.2 Å². The van der Waals surface area contributed by atoms with E-state index >= 15 is 0 Å². The van der Waals surface area contributed by atoms with Crippen molar-refractivity contribution in [2.45, 2.75) is 44.2 Å². The molecule has 8 heteroatoms. The maximum atomic E-state index is 12.6. The number of aliphatic carboxylic acids is 1. The lowest BCUT2D eigenvalue weighted by molar-refractivity contribution is -0.138. The molecular weight excluding hydrogens is 436 g/mol. The topological polar surface area (TPSA) is 114 Å². The Labute approximate surface area is 198 Å². The number of carboxylic acid groups (broad SMARTS) is 1. The van der Waals surface area contributed by atoms with Crippen molar-refractivity contribution in [3.05, 3.63) is 59.7 Å². The van der Waals surface area contributed by atoms with Gasteiger partial charge in [-0.05, 0) is 35.1 Å². The highest BCUT2D eigenvalue weighted by Gasteiger charge is 2.35. The molecule has 3 N–H and O–H groups in total. The van der Waals surface area contributed by atoms with E-state index in [1.807, 2.05) is 31.2 Å². The Kier molecular flexibility index (Phi) is 7.47.